The Bertz CT molecular complexity index is 663. The molecular formula is C11H8N2O2. The Morgan fingerprint density at radius 3 is 2.87 bits per heavy atom. The summed E-state index contributed by atoms with van der Waals surface area (Å²) in [6, 6.07) is 7.65. The van der Waals surface area contributed by atoms with Crippen LogP contribution >= 0.6 is 0 Å². The maximum Gasteiger partial charge on any atom is 0.337 e. The van der Waals surface area contributed by atoms with Gasteiger partial charge < -0.3 is 15.1 Å². The van der Waals surface area contributed by atoms with Crippen LogP contribution in [0.2, 0.25) is 0 Å². The lowest BCUT2D eigenvalue weighted by Gasteiger charge is -1.90. The number of carboxylic acid groups (broad SMARTS) is 1. The van der Waals surface area contributed by atoms with Gasteiger partial charge in [-0.2, -0.15) is 0 Å². The number of fused-ring (bicyclic) bond motifs is 3. The average Bonchev–Trinajstić information content (AvgIpc) is 2.74. The Balaban J connectivity index is 2.54. The monoisotopic (exact) mass is 200 g/mol. The maximum atomic E-state index is 11.0. The fourth-order valence-electron chi connectivity index (χ4n) is 1.92. The van der Waals surface area contributed by atoms with Crippen LogP contribution in [0.15, 0.2) is 30.5 Å². The van der Waals surface area contributed by atoms with E-state index in [1.165, 1.54) is 6.20 Å². The number of aromatic nitrogens is 2. The number of hydrogen-bond acceptors (Lipinski definition) is 1. The normalized spacial score (nSPS) is 11.2. The molecule has 0 aliphatic heterocycles. The highest BCUT2D eigenvalue weighted by Crippen LogP contribution is 2.27. The molecule has 15 heavy (non-hydrogen) atoms. The third kappa shape index (κ3) is 0.985. The second-order valence-electron chi connectivity index (χ2n) is 3.43. The molecule has 0 radical (unpaired) electrons. The highest BCUT2D eigenvalue weighted by Gasteiger charge is 2.14. The van der Waals surface area contributed by atoms with Gasteiger partial charge in [0.2, 0.25) is 0 Å². The van der Waals surface area contributed by atoms with E-state index < -0.39 is 5.97 Å². The first kappa shape index (κ1) is 8.11. The number of benzene rings is 1. The molecule has 4 heteroatoms. The molecule has 0 amide bonds. The molecule has 2 heterocycles. The summed E-state index contributed by atoms with van der Waals surface area (Å²) in [6.45, 7) is 0. The summed E-state index contributed by atoms with van der Waals surface area (Å²) < 4.78 is 0. The zero-order valence-electron chi connectivity index (χ0n) is 7.74. The lowest BCUT2D eigenvalue weighted by atomic mass is 10.1. The molecule has 0 saturated carbocycles. The molecule has 0 fully saturated rings. The van der Waals surface area contributed by atoms with Crippen molar-refractivity contribution in [1.82, 2.24) is 9.97 Å². The van der Waals surface area contributed by atoms with E-state index in [-0.39, 0.29) is 0 Å². The van der Waals surface area contributed by atoms with Gasteiger partial charge in [0.05, 0.1) is 5.56 Å². The van der Waals surface area contributed by atoms with Crippen LogP contribution in [0.1, 0.15) is 10.4 Å². The fraction of sp³-hybridized carbons (Fsp3) is 0. The van der Waals surface area contributed by atoms with E-state index in [0.717, 1.165) is 21.9 Å². The topological polar surface area (TPSA) is 68.9 Å². The average molecular weight is 200 g/mol. The smallest absolute Gasteiger partial charge is 0.337 e. The molecule has 3 N–H and O–H groups in total. The number of aromatic carboxylic acids is 1. The summed E-state index contributed by atoms with van der Waals surface area (Å²) in [6.07, 6.45) is 1.51. The Morgan fingerprint density at radius 2 is 2.07 bits per heavy atom. The van der Waals surface area contributed by atoms with Gasteiger partial charge in [-0.25, -0.2) is 4.79 Å². The van der Waals surface area contributed by atoms with Crippen LogP contribution in [0.3, 0.4) is 0 Å². The number of H-pyrrole nitrogens is 2. The molecule has 0 atom stereocenters. The quantitative estimate of drug-likeness (QED) is 0.564. The lowest BCUT2D eigenvalue weighted by Crippen LogP contribution is -1.93. The van der Waals surface area contributed by atoms with Gasteiger partial charge in [-0.15, -0.1) is 0 Å². The van der Waals surface area contributed by atoms with Crippen molar-refractivity contribution in [3.05, 3.63) is 36.0 Å². The standard InChI is InChI=1S/C11H8N2O2/c14-11(15)7-5-12-10-9(7)6-3-1-2-4-8(6)13-10/h1-5,12-13H,(H,14,15). The van der Waals surface area contributed by atoms with Crippen LogP contribution in [0.5, 0.6) is 0 Å². The van der Waals surface area contributed by atoms with Gasteiger partial charge >= 0.3 is 5.97 Å². The number of aromatic amines is 2. The van der Waals surface area contributed by atoms with Crippen LogP contribution in [0.25, 0.3) is 21.9 Å². The van der Waals surface area contributed by atoms with Crippen LogP contribution in [-0.2, 0) is 0 Å². The molecule has 74 valence electrons. The van der Waals surface area contributed by atoms with E-state index in [4.69, 9.17) is 5.11 Å². The van der Waals surface area contributed by atoms with E-state index in [2.05, 4.69) is 9.97 Å². The first-order valence-corrected chi connectivity index (χ1v) is 4.58. The molecule has 3 rings (SSSR count). The molecule has 0 aliphatic carbocycles. The van der Waals surface area contributed by atoms with Gasteiger partial charge in [0, 0.05) is 22.5 Å². The molecule has 2 aromatic heterocycles. The number of rotatable bonds is 1. The van der Waals surface area contributed by atoms with Gasteiger partial charge in [0.1, 0.15) is 5.65 Å². The van der Waals surface area contributed by atoms with Gasteiger partial charge in [-0.05, 0) is 6.07 Å². The molecule has 0 aliphatic rings. The van der Waals surface area contributed by atoms with Crippen molar-refractivity contribution < 1.29 is 9.90 Å². The minimum atomic E-state index is -0.911. The summed E-state index contributed by atoms with van der Waals surface area (Å²) in [5.74, 6) is -0.911. The summed E-state index contributed by atoms with van der Waals surface area (Å²) in [4.78, 5) is 17.0. The Labute approximate surface area is 84.5 Å². The highest BCUT2D eigenvalue weighted by atomic mass is 16.4. The van der Waals surface area contributed by atoms with E-state index >= 15 is 0 Å². The van der Waals surface area contributed by atoms with E-state index in [1.807, 2.05) is 24.3 Å². The zero-order chi connectivity index (χ0) is 10.4. The highest BCUT2D eigenvalue weighted by molar-refractivity contribution is 6.15. The maximum absolute atomic E-state index is 11.0. The van der Waals surface area contributed by atoms with Gasteiger partial charge in [-0.3, -0.25) is 0 Å². The van der Waals surface area contributed by atoms with Crippen molar-refractivity contribution in [3.63, 3.8) is 0 Å². The lowest BCUT2D eigenvalue weighted by molar-refractivity contribution is 0.0699. The number of para-hydroxylation sites is 1. The Morgan fingerprint density at radius 1 is 1.27 bits per heavy atom. The number of hydrogen-bond donors (Lipinski definition) is 3. The summed E-state index contributed by atoms with van der Waals surface area (Å²) >= 11 is 0. The van der Waals surface area contributed by atoms with Crippen LogP contribution in [0.4, 0.5) is 0 Å². The van der Waals surface area contributed by atoms with E-state index in [0.29, 0.717) is 5.56 Å². The minimum Gasteiger partial charge on any atom is -0.478 e. The molecule has 1 aromatic carbocycles. The van der Waals surface area contributed by atoms with Crippen LogP contribution < -0.4 is 0 Å². The second kappa shape index (κ2) is 2.63. The zero-order valence-corrected chi connectivity index (χ0v) is 7.74. The first-order chi connectivity index (χ1) is 7.27. The largest absolute Gasteiger partial charge is 0.478 e. The second-order valence-corrected chi connectivity index (χ2v) is 3.43. The van der Waals surface area contributed by atoms with Crippen molar-refractivity contribution in [2.75, 3.05) is 0 Å². The van der Waals surface area contributed by atoms with Crippen molar-refractivity contribution in [2.24, 2.45) is 0 Å². The predicted octanol–water partition coefficient (Wildman–Crippen LogP) is 2.35. The Hall–Kier alpha value is -2.23. The summed E-state index contributed by atoms with van der Waals surface area (Å²) in [7, 11) is 0. The third-order valence-electron chi connectivity index (χ3n) is 2.57. The van der Waals surface area contributed by atoms with E-state index in [1.54, 1.807) is 0 Å². The molecular weight excluding hydrogens is 192 g/mol. The Kier molecular flexibility index (Phi) is 1.42. The summed E-state index contributed by atoms with van der Waals surface area (Å²) in [5, 5.41) is 10.7. The van der Waals surface area contributed by atoms with Crippen molar-refractivity contribution in [2.45, 2.75) is 0 Å². The van der Waals surface area contributed by atoms with Crippen LogP contribution in [-0.4, -0.2) is 21.0 Å². The number of carboxylic acids is 1. The van der Waals surface area contributed by atoms with Crippen molar-refractivity contribution in [1.29, 1.82) is 0 Å². The van der Waals surface area contributed by atoms with Gasteiger partial charge in [-0.1, -0.05) is 18.2 Å². The molecule has 0 spiro atoms. The number of nitrogens with one attached hydrogen (secondary N) is 2. The molecule has 0 saturated heterocycles. The first-order valence-electron chi connectivity index (χ1n) is 4.58. The van der Waals surface area contributed by atoms with Gasteiger partial charge in [0.25, 0.3) is 0 Å². The molecule has 3 aromatic rings. The molecule has 4 nitrogen and oxygen atoms in total. The SMILES string of the molecule is O=C(O)c1c[nH]c2[nH]c3ccccc3c12. The molecule has 0 unspecified atom stereocenters. The van der Waals surface area contributed by atoms with Gasteiger partial charge in [0.15, 0.2) is 0 Å². The van der Waals surface area contributed by atoms with Crippen LogP contribution in [0, 0.1) is 0 Å². The van der Waals surface area contributed by atoms with Crippen molar-refractivity contribution >= 4 is 27.9 Å². The van der Waals surface area contributed by atoms with E-state index in [9.17, 15) is 4.79 Å². The summed E-state index contributed by atoms with van der Waals surface area (Å²) in [5.41, 5.74) is 2.01. The predicted molar refractivity (Wildman–Crippen MR) is 57.1 cm³/mol. The molecule has 0 bridgehead atoms. The number of carbonyl (C=O) groups is 1. The fourth-order valence-corrected chi connectivity index (χ4v) is 1.92. The minimum absolute atomic E-state index is 0.308. The van der Waals surface area contributed by atoms with Crippen molar-refractivity contribution in [3.8, 4) is 0 Å². The third-order valence-corrected chi connectivity index (χ3v) is 2.57.